The minimum atomic E-state index is -0.246. The van der Waals surface area contributed by atoms with Crippen molar-refractivity contribution in [2.45, 2.75) is 25.8 Å². The number of Topliss-reactive ketones (excluding diaryl/α,β-unsaturated/α-hetero) is 1. The molecule has 1 saturated heterocycles. The number of hydrogen-bond donors (Lipinski definition) is 2. The third kappa shape index (κ3) is 5.33. The smallest absolute Gasteiger partial charge is 0.319 e. The largest absolute Gasteiger partial charge is 0.383 e. The topological polar surface area (TPSA) is 70.7 Å². The van der Waals surface area contributed by atoms with E-state index in [2.05, 4.69) is 15.5 Å². The average molecular weight is 319 g/mol. The molecule has 0 aromatic heterocycles. The summed E-state index contributed by atoms with van der Waals surface area (Å²) < 4.78 is 5.12. The highest BCUT2D eigenvalue weighted by Crippen LogP contribution is 2.16. The summed E-state index contributed by atoms with van der Waals surface area (Å²) in [6.45, 7) is 4.78. The number of ether oxygens (including phenoxy) is 1. The molecule has 1 aliphatic rings. The van der Waals surface area contributed by atoms with Gasteiger partial charge >= 0.3 is 6.03 Å². The van der Waals surface area contributed by atoms with Gasteiger partial charge in [0, 0.05) is 37.5 Å². The van der Waals surface area contributed by atoms with Crippen LogP contribution in [0.2, 0.25) is 0 Å². The van der Waals surface area contributed by atoms with Crippen LogP contribution in [-0.4, -0.2) is 56.1 Å². The number of rotatable bonds is 7. The van der Waals surface area contributed by atoms with Gasteiger partial charge < -0.3 is 15.4 Å². The number of nitrogens with zero attached hydrogens (tertiary/aromatic N) is 1. The molecule has 6 heteroatoms. The van der Waals surface area contributed by atoms with Gasteiger partial charge in [-0.1, -0.05) is 12.1 Å². The summed E-state index contributed by atoms with van der Waals surface area (Å²) in [6, 6.07) is 7.06. The Kier molecular flexibility index (Phi) is 6.55. The van der Waals surface area contributed by atoms with E-state index in [1.807, 2.05) is 0 Å². The molecule has 1 aromatic carbocycles. The van der Waals surface area contributed by atoms with Crippen LogP contribution >= 0.6 is 0 Å². The van der Waals surface area contributed by atoms with Gasteiger partial charge in [0.2, 0.25) is 0 Å². The predicted octanol–water partition coefficient (Wildman–Crippen LogP) is 2.12. The van der Waals surface area contributed by atoms with E-state index in [9.17, 15) is 9.59 Å². The van der Waals surface area contributed by atoms with E-state index in [0.29, 0.717) is 30.4 Å². The molecule has 0 spiro atoms. The number of carbonyl (C=O) groups is 2. The van der Waals surface area contributed by atoms with E-state index in [0.717, 1.165) is 25.9 Å². The van der Waals surface area contributed by atoms with Gasteiger partial charge in [0.25, 0.3) is 0 Å². The number of methoxy groups -OCH3 is 1. The Hall–Kier alpha value is -1.92. The molecule has 23 heavy (non-hydrogen) atoms. The lowest BCUT2D eigenvalue weighted by Gasteiger charge is -2.24. The summed E-state index contributed by atoms with van der Waals surface area (Å²) in [7, 11) is 1.70. The zero-order valence-electron chi connectivity index (χ0n) is 13.8. The Bertz CT molecular complexity index is 548. The molecule has 126 valence electrons. The van der Waals surface area contributed by atoms with Gasteiger partial charge in [-0.2, -0.15) is 0 Å². The second-order valence-corrected chi connectivity index (χ2v) is 5.80. The number of hydrogen-bond acceptors (Lipinski definition) is 4. The third-order valence-electron chi connectivity index (χ3n) is 4.11. The van der Waals surface area contributed by atoms with Crippen molar-refractivity contribution in [2.24, 2.45) is 0 Å². The standard InChI is InChI=1S/C17H25N3O3/c1-13(21)14-5-3-6-15(11-14)19-17(22)18-12-16-7-4-8-20(16)9-10-23-2/h3,5-6,11,16H,4,7-10,12H2,1-2H3,(H2,18,19,22)/t16-/m1/s1. The average Bonchev–Trinajstić information content (AvgIpc) is 2.98. The number of likely N-dealkylation sites (tertiary alicyclic amines) is 1. The maximum absolute atomic E-state index is 12.0. The van der Waals surface area contributed by atoms with E-state index in [4.69, 9.17) is 4.74 Å². The molecule has 0 saturated carbocycles. The summed E-state index contributed by atoms with van der Waals surface area (Å²) in [5, 5.41) is 5.68. The van der Waals surface area contributed by atoms with Gasteiger partial charge in [0.15, 0.2) is 5.78 Å². The molecule has 2 N–H and O–H groups in total. The van der Waals surface area contributed by atoms with Crippen molar-refractivity contribution in [1.29, 1.82) is 0 Å². The first-order valence-corrected chi connectivity index (χ1v) is 7.99. The molecule has 6 nitrogen and oxygen atoms in total. The molecule has 1 heterocycles. The highest BCUT2D eigenvalue weighted by molar-refractivity contribution is 5.96. The number of benzene rings is 1. The number of carbonyl (C=O) groups excluding carboxylic acids is 2. The second kappa shape index (κ2) is 8.64. The lowest BCUT2D eigenvalue weighted by Crippen LogP contribution is -2.42. The van der Waals surface area contributed by atoms with Crippen molar-refractivity contribution in [3.63, 3.8) is 0 Å². The minimum absolute atomic E-state index is 0.0196. The monoisotopic (exact) mass is 319 g/mol. The van der Waals surface area contributed by atoms with Crippen molar-refractivity contribution < 1.29 is 14.3 Å². The number of ketones is 1. The summed E-state index contributed by atoms with van der Waals surface area (Å²) in [6.07, 6.45) is 2.24. The highest BCUT2D eigenvalue weighted by Gasteiger charge is 2.24. The van der Waals surface area contributed by atoms with Crippen molar-refractivity contribution >= 4 is 17.5 Å². The summed E-state index contributed by atoms with van der Waals surface area (Å²) >= 11 is 0. The van der Waals surface area contributed by atoms with Crippen LogP contribution in [0.4, 0.5) is 10.5 Å². The number of urea groups is 1. The fourth-order valence-electron chi connectivity index (χ4n) is 2.83. The molecule has 2 amide bonds. The lowest BCUT2D eigenvalue weighted by atomic mass is 10.1. The molecule has 0 bridgehead atoms. The Morgan fingerprint density at radius 1 is 1.39 bits per heavy atom. The van der Waals surface area contributed by atoms with E-state index >= 15 is 0 Å². The predicted molar refractivity (Wildman–Crippen MR) is 89.9 cm³/mol. The molecular formula is C17H25N3O3. The van der Waals surface area contributed by atoms with Gasteiger partial charge in [-0.15, -0.1) is 0 Å². The molecule has 1 aliphatic heterocycles. The Morgan fingerprint density at radius 3 is 2.96 bits per heavy atom. The second-order valence-electron chi connectivity index (χ2n) is 5.80. The van der Waals surface area contributed by atoms with Crippen molar-refractivity contribution in [3.8, 4) is 0 Å². The van der Waals surface area contributed by atoms with E-state index in [1.165, 1.54) is 6.92 Å². The first-order valence-electron chi connectivity index (χ1n) is 7.99. The Morgan fingerprint density at radius 2 is 2.22 bits per heavy atom. The number of amides is 2. The van der Waals surface area contributed by atoms with Crippen LogP contribution in [0, 0.1) is 0 Å². The van der Waals surface area contributed by atoms with Crippen LogP contribution in [-0.2, 0) is 4.74 Å². The fourth-order valence-corrected chi connectivity index (χ4v) is 2.83. The number of nitrogens with one attached hydrogen (secondary N) is 2. The van der Waals surface area contributed by atoms with Crippen LogP contribution < -0.4 is 10.6 Å². The SMILES string of the molecule is COCCN1CCC[C@@H]1CNC(=O)Nc1cccc(C(C)=O)c1. The first-order chi connectivity index (χ1) is 11.1. The van der Waals surface area contributed by atoms with Crippen LogP contribution in [0.1, 0.15) is 30.1 Å². The van der Waals surface area contributed by atoms with Crippen LogP contribution in [0.25, 0.3) is 0 Å². The molecule has 0 aliphatic carbocycles. The van der Waals surface area contributed by atoms with Gasteiger partial charge in [-0.3, -0.25) is 9.69 Å². The fraction of sp³-hybridized carbons (Fsp3) is 0.529. The van der Waals surface area contributed by atoms with E-state index < -0.39 is 0 Å². The zero-order valence-corrected chi connectivity index (χ0v) is 13.8. The summed E-state index contributed by atoms with van der Waals surface area (Å²) in [4.78, 5) is 25.7. The van der Waals surface area contributed by atoms with Crippen LogP contribution in [0.3, 0.4) is 0 Å². The normalized spacial score (nSPS) is 17.9. The van der Waals surface area contributed by atoms with E-state index in [1.54, 1.807) is 31.4 Å². The van der Waals surface area contributed by atoms with E-state index in [-0.39, 0.29) is 11.8 Å². The Balaban J connectivity index is 1.80. The summed E-state index contributed by atoms with van der Waals surface area (Å²) in [5.74, 6) is -0.0196. The maximum atomic E-state index is 12.0. The molecule has 1 fully saturated rings. The van der Waals surface area contributed by atoms with Crippen LogP contribution in [0.5, 0.6) is 0 Å². The summed E-state index contributed by atoms with van der Waals surface area (Å²) in [5.41, 5.74) is 1.21. The zero-order chi connectivity index (χ0) is 16.7. The Labute approximate surface area is 137 Å². The van der Waals surface area contributed by atoms with Gasteiger partial charge in [-0.25, -0.2) is 4.79 Å². The molecule has 1 atom stereocenters. The molecule has 0 radical (unpaired) electrons. The van der Waals surface area contributed by atoms with Crippen molar-refractivity contribution in [2.75, 3.05) is 38.7 Å². The van der Waals surface area contributed by atoms with Gasteiger partial charge in [0.05, 0.1) is 6.61 Å². The van der Waals surface area contributed by atoms with Gasteiger partial charge in [0.1, 0.15) is 0 Å². The molecule has 0 unspecified atom stereocenters. The first kappa shape index (κ1) is 17.4. The highest BCUT2D eigenvalue weighted by atomic mass is 16.5. The minimum Gasteiger partial charge on any atom is -0.383 e. The molecular weight excluding hydrogens is 294 g/mol. The van der Waals surface area contributed by atoms with Crippen LogP contribution in [0.15, 0.2) is 24.3 Å². The van der Waals surface area contributed by atoms with Gasteiger partial charge in [-0.05, 0) is 38.4 Å². The molecule has 2 rings (SSSR count). The third-order valence-corrected chi connectivity index (χ3v) is 4.11. The number of anilines is 1. The molecule has 1 aromatic rings. The quantitative estimate of drug-likeness (QED) is 0.755. The lowest BCUT2D eigenvalue weighted by molar-refractivity contribution is 0.101. The van der Waals surface area contributed by atoms with Crippen molar-refractivity contribution in [3.05, 3.63) is 29.8 Å². The van der Waals surface area contributed by atoms with Crippen molar-refractivity contribution in [1.82, 2.24) is 10.2 Å². The maximum Gasteiger partial charge on any atom is 0.319 e.